The third kappa shape index (κ3) is 3.67. The number of aryl methyl sites for hydroxylation is 1. The Labute approximate surface area is 164 Å². The summed E-state index contributed by atoms with van der Waals surface area (Å²) in [5.74, 6) is 1.18. The van der Waals surface area contributed by atoms with E-state index >= 15 is 0 Å². The number of amides is 1. The Hall–Kier alpha value is -3.41. The maximum absolute atomic E-state index is 13.0. The maximum Gasteiger partial charge on any atom is 0.278 e. The van der Waals surface area contributed by atoms with E-state index in [2.05, 4.69) is 21.4 Å². The second-order valence-corrected chi connectivity index (χ2v) is 6.53. The lowest BCUT2D eigenvalue weighted by atomic mass is 10.0. The van der Waals surface area contributed by atoms with Crippen molar-refractivity contribution < 1.29 is 9.53 Å². The third-order valence-corrected chi connectivity index (χ3v) is 4.68. The summed E-state index contributed by atoms with van der Waals surface area (Å²) in [5.41, 5.74) is 3.30. The highest BCUT2D eigenvalue weighted by atomic mass is 16.5. The molecule has 2 heterocycles. The Morgan fingerprint density at radius 1 is 1.11 bits per heavy atom. The Morgan fingerprint density at radius 3 is 2.75 bits per heavy atom. The van der Waals surface area contributed by atoms with Gasteiger partial charge >= 0.3 is 0 Å². The van der Waals surface area contributed by atoms with E-state index < -0.39 is 0 Å². The number of nitrogens with one attached hydrogen (secondary N) is 1. The summed E-state index contributed by atoms with van der Waals surface area (Å²) in [4.78, 5) is 23.5. The van der Waals surface area contributed by atoms with E-state index in [1.165, 1.54) is 11.8 Å². The molecule has 0 spiro atoms. The summed E-state index contributed by atoms with van der Waals surface area (Å²) in [7, 11) is 0. The SMILES string of the molecule is CCOc1ccccc1Nc1cnc(C(=O)N2CCCc3ccccc32)cn1. The van der Waals surface area contributed by atoms with E-state index in [1.807, 2.05) is 49.4 Å². The van der Waals surface area contributed by atoms with Gasteiger partial charge in [0.05, 0.1) is 24.7 Å². The molecule has 1 aromatic heterocycles. The Bertz CT molecular complexity index is 972. The highest BCUT2D eigenvalue weighted by Gasteiger charge is 2.24. The van der Waals surface area contributed by atoms with Crippen LogP contribution >= 0.6 is 0 Å². The average molecular weight is 374 g/mol. The molecule has 0 atom stereocenters. The van der Waals surface area contributed by atoms with Crippen LogP contribution in [-0.2, 0) is 6.42 Å². The topological polar surface area (TPSA) is 67.3 Å². The molecule has 0 saturated carbocycles. The lowest BCUT2D eigenvalue weighted by molar-refractivity contribution is 0.0980. The largest absolute Gasteiger partial charge is 0.492 e. The van der Waals surface area contributed by atoms with Gasteiger partial charge in [-0.05, 0) is 43.5 Å². The second kappa shape index (κ2) is 8.08. The zero-order chi connectivity index (χ0) is 19.3. The molecule has 0 saturated heterocycles. The van der Waals surface area contributed by atoms with Gasteiger partial charge < -0.3 is 15.0 Å². The van der Waals surface area contributed by atoms with Crippen molar-refractivity contribution in [2.75, 3.05) is 23.4 Å². The predicted octanol–water partition coefficient (Wildman–Crippen LogP) is 4.21. The molecule has 3 aromatic rings. The molecule has 6 nitrogen and oxygen atoms in total. The molecule has 2 aromatic carbocycles. The van der Waals surface area contributed by atoms with Crippen molar-refractivity contribution in [2.24, 2.45) is 0 Å². The Kier molecular flexibility index (Phi) is 5.19. The second-order valence-electron chi connectivity index (χ2n) is 6.53. The molecular formula is C22H22N4O2. The molecule has 0 bridgehead atoms. The van der Waals surface area contributed by atoms with Gasteiger partial charge in [0.25, 0.3) is 5.91 Å². The van der Waals surface area contributed by atoms with Gasteiger partial charge in [-0.2, -0.15) is 0 Å². The van der Waals surface area contributed by atoms with Gasteiger partial charge in [0.1, 0.15) is 17.3 Å². The third-order valence-electron chi connectivity index (χ3n) is 4.68. The van der Waals surface area contributed by atoms with E-state index in [0.29, 0.717) is 24.7 Å². The van der Waals surface area contributed by atoms with Crippen LogP contribution in [0.4, 0.5) is 17.2 Å². The first-order chi connectivity index (χ1) is 13.8. The fourth-order valence-corrected chi connectivity index (χ4v) is 3.38. The van der Waals surface area contributed by atoms with Crippen molar-refractivity contribution in [3.63, 3.8) is 0 Å². The normalized spacial score (nSPS) is 13.0. The van der Waals surface area contributed by atoms with Crippen LogP contribution in [0, 0.1) is 0 Å². The highest BCUT2D eigenvalue weighted by molar-refractivity contribution is 6.05. The molecule has 0 aliphatic carbocycles. The van der Waals surface area contributed by atoms with E-state index in [4.69, 9.17) is 4.74 Å². The number of hydrogen-bond acceptors (Lipinski definition) is 5. The van der Waals surface area contributed by atoms with Crippen molar-refractivity contribution in [1.29, 1.82) is 0 Å². The van der Waals surface area contributed by atoms with Crippen molar-refractivity contribution in [1.82, 2.24) is 9.97 Å². The Balaban J connectivity index is 1.52. The number of rotatable bonds is 5. The molecule has 6 heteroatoms. The summed E-state index contributed by atoms with van der Waals surface area (Å²) in [6.45, 7) is 3.21. The van der Waals surface area contributed by atoms with E-state index in [9.17, 15) is 4.79 Å². The molecule has 0 unspecified atom stereocenters. The highest BCUT2D eigenvalue weighted by Crippen LogP contribution is 2.28. The van der Waals surface area contributed by atoms with Crippen LogP contribution in [0.2, 0.25) is 0 Å². The van der Waals surface area contributed by atoms with Gasteiger partial charge in [0.2, 0.25) is 0 Å². The molecule has 1 aliphatic rings. The van der Waals surface area contributed by atoms with Gasteiger partial charge in [-0.3, -0.25) is 4.79 Å². The fourth-order valence-electron chi connectivity index (χ4n) is 3.38. The van der Waals surface area contributed by atoms with E-state index in [1.54, 1.807) is 11.1 Å². The van der Waals surface area contributed by atoms with Crippen LogP contribution in [0.3, 0.4) is 0 Å². The number of ether oxygens (including phenoxy) is 1. The summed E-state index contributed by atoms with van der Waals surface area (Å²) < 4.78 is 5.61. The number of aromatic nitrogens is 2. The number of anilines is 3. The average Bonchev–Trinajstić information content (AvgIpc) is 2.75. The molecule has 28 heavy (non-hydrogen) atoms. The van der Waals surface area contributed by atoms with E-state index in [0.717, 1.165) is 30.0 Å². The van der Waals surface area contributed by atoms with Crippen LogP contribution in [0.25, 0.3) is 0 Å². The van der Waals surface area contributed by atoms with Crippen LogP contribution in [0.15, 0.2) is 60.9 Å². The van der Waals surface area contributed by atoms with Crippen LogP contribution in [0.1, 0.15) is 29.4 Å². The summed E-state index contributed by atoms with van der Waals surface area (Å²) in [5, 5.41) is 3.20. The number of nitrogens with zero attached hydrogens (tertiary/aromatic N) is 3. The first-order valence-electron chi connectivity index (χ1n) is 9.47. The number of fused-ring (bicyclic) bond motifs is 1. The minimum atomic E-state index is -0.124. The molecule has 0 radical (unpaired) electrons. The standard InChI is InChI=1S/C22H22N4O2/c1-2-28-20-12-6-4-10-17(20)25-21-15-23-18(14-24-21)22(27)26-13-7-9-16-8-3-5-11-19(16)26/h3-6,8,10-12,14-15H,2,7,9,13H2,1H3,(H,24,25). The van der Waals surface area contributed by atoms with Gasteiger partial charge in [-0.25, -0.2) is 9.97 Å². The van der Waals surface area contributed by atoms with Gasteiger partial charge in [-0.1, -0.05) is 30.3 Å². The number of benzene rings is 2. The summed E-state index contributed by atoms with van der Waals surface area (Å²) >= 11 is 0. The molecule has 1 amide bonds. The molecule has 142 valence electrons. The van der Waals surface area contributed by atoms with Gasteiger partial charge in [0, 0.05) is 12.2 Å². The zero-order valence-electron chi connectivity index (χ0n) is 15.8. The molecule has 1 N–H and O–H groups in total. The van der Waals surface area contributed by atoms with Crippen LogP contribution in [0.5, 0.6) is 5.75 Å². The minimum Gasteiger partial charge on any atom is -0.492 e. The molecule has 0 fully saturated rings. The van der Waals surface area contributed by atoms with Crippen molar-refractivity contribution in [2.45, 2.75) is 19.8 Å². The van der Waals surface area contributed by atoms with Crippen molar-refractivity contribution >= 4 is 23.1 Å². The monoisotopic (exact) mass is 374 g/mol. The lowest BCUT2D eigenvalue weighted by Crippen LogP contribution is -2.36. The van der Waals surface area contributed by atoms with Crippen molar-refractivity contribution in [3.05, 3.63) is 72.2 Å². The fraction of sp³-hybridized carbons (Fsp3) is 0.227. The summed E-state index contributed by atoms with van der Waals surface area (Å²) in [6, 6.07) is 15.7. The van der Waals surface area contributed by atoms with Crippen molar-refractivity contribution in [3.8, 4) is 5.75 Å². The zero-order valence-corrected chi connectivity index (χ0v) is 15.8. The van der Waals surface area contributed by atoms with Crippen LogP contribution in [-0.4, -0.2) is 29.0 Å². The van der Waals surface area contributed by atoms with E-state index in [-0.39, 0.29) is 5.91 Å². The Morgan fingerprint density at radius 2 is 1.93 bits per heavy atom. The number of carbonyl (C=O) groups is 1. The first kappa shape index (κ1) is 18.0. The minimum absolute atomic E-state index is 0.124. The number of para-hydroxylation sites is 3. The molecule has 4 rings (SSSR count). The summed E-state index contributed by atoms with van der Waals surface area (Å²) in [6.07, 6.45) is 5.04. The van der Waals surface area contributed by atoms with Gasteiger partial charge in [0.15, 0.2) is 0 Å². The first-order valence-corrected chi connectivity index (χ1v) is 9.47. The number of carbonyl (C=O) groups excluding carboxylic acids is 1. The molecule has 1 aliphatic heterocycles. The maximum atomic E-state index is 13.0. The quantitative estimate of drug-likeness (QED) is 0.724. The molecular weight excluding hydrogens is 352 g/mol. The smallest absolute Gasteiger partial charge is 0.278 e. The van der Waals surface area contributed by atoms with Crippen LogP contribution < -0.4 is 15.0 Å². The number of hydrogen-bond donors (Lipinski definition) is 1. The predicted molar refractivity (Wildman–Crippen MR) is 109 cm³/mol. The lowest BCUT2D eigenvalue weighted by Gasteiger charge is -2.29. The van der Waals surface area contributed by atoms with Gasteiger partial charge in [-0.15, -0.1) is 0 Å².